The number of thioether (sulfide) groups is 1. The molecule has 15 rings (SSSR count). The number of oxazole rings is 1. The number of aryl methyl sites for hydroxylation is 7. The summed E-state index contributed by atoms with van der Waals surface area (Å²) in [6.45, 7) is 106. The number of anilines is 1. The quantitative estimate of drug-likeness (QED) is 0.155. The summed E-state index contributed by atoms with van der Waals surface area (Å²) in [6.07, 6.45) is 8.68. The van der Waals surface area contributed by atoms with Gasteiger partial charge in [-0.1, -0.05) is 345 Å². The third-order valence-corrected chi connectivity index (χ3v) is 26.9. The van der Waals surface area contributed by atoms with Crippen molar-refractivity contribution in [2.24, 2.45) is 27.9 Å². The molecule has 1 aromatic carbocycles. The molecule has 12 aromatic heterocycles. The highest BCUT2D eigenvalue weighted by Gasteiger charge is 2.31. The number of aromatic nitrogens is 21. The van der Waals surface area contributed by atoms with Crippen molar-refractivity contribution < 1.29 is 36.2 Å². The minimum Gasteiger partial charge on any atom is -0.448 e. The van der Waals surface area contributed by atoms with Gasteiger partial charge in [0.15, 0.2) is 23.4 Å². The number of nitrogens with zero attached hydrogens (tertiary/aromatic N) is 23. The zero-order valence-electron chi connectivity index (χ0n) is 100. The Labute approximate surface area is 916 Å². The molecule has 1 N–H and O–H groups in total. The van der Waals surface area contributed by atoms with Gasteiger partial charge < -0.3 is 31.9 Å². The summed E-state index contributed by atoms with van der Waals surface area (Å²) in [5.41, 5.74) is 7.40. The number of ketones is 1. The molecule has 0 radical (unpaired) electrons. The van der Waals surface area contributed by atoms with Gasteiger partial charge in [0.05, 0.1) is 38.4 Å². The second-order valence-corrected chi connectivity index (χ2v) is 55.7. The highest BCUT2D eigenvalue weighted by molar-refractivity contribution is 8.14. The Balaban J connectivity index is 0.000000544. The molecule has 14 heterocycles. The second-order valence-electron chi connectivity index (χ2n) is 50.0. The van der Waals surface area contributed by atoms with Crippen LogP contribution in [0.5, 0.6) is 0 Å². The van der Waals surface area contributed by atoms with E-state index >= 15 is 0 Å². The molecule has 0 bridgehead atoms. The van der Waals surface area contributed by atoms with Crippen LogP contribution in [0.1, 0.15) is 437 Å². The number of thiazole rings is 3. The summed E-state index contributed by atoms with van der Waals surface area (Å²) in [5.74, 6) is 9.66. The van der Waals surface area contributed by atoms with Gasteiger partial charge in [-0.3, -0.25) is 14.6 Å². The van der Waals surface area contributed by atoms with Crippen LogP contribution < -0.4 is 5.32 Å². The van der Waals surface area contributed by atoms with E-state index in [0.717, 1.165) is 87.8 Å². The van der Waals surface area contributed by atoms with Gasteiger partial charge in [0, 0.05) is 161 Å². The van der Waals surface area contributed by atoms with Crippen molar-refractivity contribution in [3.8, 4) is 11.4 Å². The van der Waals surface area contributed by atoms with Crippen molar-refractivity contribution in [2.45, 2.75) is 443 Å². The zero-order valence-corrected chi connectivity index (χ0v) is 105. The molecular formula is C111H182N24O8S6. The van der Waals surface area contributed by atoms with Crippen molar-refractivity contribution in [1.82, 2.24) is 106 Å². The normalized spacial score (nSPS) is 12.9. The maximum absolute atomic E-state index is 10.7. The van der Waals surface area contributed by atoms with Crippen LogP contribution in [0.15, 0.2) is 107 Å². The van der Waals surface area contributed by atoms with Crippen molar-refractivity contribution in [3.05, 3.63) is 177 Å². The first-order chi connectivity index (χ1) is 67.9. The molecule has 0 spiro atoms. The van der Waals surface area contributed by atoms with Crippen LogP contribution >= 0.6 is 68.4 Å². The van der Waals surface area contributed by atoms with Crippen LogP contribution in [0.4, 0.5) is 6.01 Å². The SMILES string of the molecule is CC(=O)Cc1nnc(C(C)(C)C)o1.CC(C)(C)C1=NC(=O)CC1.CC(C)(C)C1=NCCS1.CC(C)(C)c1ncco1.CC(C)(C)c1nccs1.CC(C)(C)c1nncs1.CCNc1nnc(C(C)(C)C)o1.CCc1csc(C(C)(C)C)n1.CCc1nnc(C(C)(C)C)o1.Cc1csc(C(C)(C)C)n1.Cc1nnc(C(C)(C)C)o1.Cc1nnc(C(C)(C)C)s1.Cc1noc(C(C)(C)C)n1.Cn1nc(C(C)(C)C)nc1-c1ccccc1. The van der Waals surface area contributed by atoms with Gasteiger partial charge in [0.1, 0.15) is 32.6 Å². The summed E-state index contributed by atoms with van der Waals surface area (Å²) in [4.78, 5) is 55.6. The number of Topliss-reactive ketones (excluding diaryl/α,β-unsaturated/α-hetero) is 1. The van der Waals surface area contributed by atoms with E-state index in [-0.39, 0.29) is 88.5 Å². The Morgan fingerprint density at radius 3 is 1.22 bits per heavy atom. The third-order valence-electron chi connectivity index (χ3n) is 19.2. The van der Waals surface area contributed by atoms with E-state index in [1.54, 1.807) is 81.6 Å². The highest BCUT2D eigenvalue weighted by Crippen LogP contribution is 2.34. The topological polar surface area (TPSA) is 412 Å². The highest BCUT2D eigenvalue weighted by atomic mass is 32.2. The predicted molar refractivity (Wildman–Crippen MR) is 617 cm³/mol. The van der Waals surface area contributed by atoms with Gasteiger partial charge in [-0.15, -0.1) is 125 Å². The fourth-order valence-corrected chi connectivity index (χ4v) is 15.6. The number of carbonyl (C=O) groups excluding carboxylic acids is 2. The molecule has 13 aromatic rings. The van der Waals surface area contributed by atoms with E-state index in [0.29, 0.717) is 64.9 Å². The number of hydrogen-bond acceptors (Lipinski definition) is 36. The zero-order chi connectivity index (χ0) is 114. The maximum Gasteiger partial charge on any atom is 0.315 e. The molecule has 0 unspecified atom stereocenters. The Morgan fingerprint density at radius 1 is 0.443 bits per heavy atom. The second kappa shape index (κ2) is 58.8. The van der Waals surface area contributed by atoms with E-state index in [2.05, 4.69) is 354 Å². The lowest BCUT2D eigenvalue weighted by Crippen LogP contribution is -2.17. The van der Waals surface area contributed by atoms with E-state index < -0.39 is 0 Å². The number of aliphatic imine (C=N–C) groups is 2. The minimum absolute atomic E-state index is 0.00914. The van der Waals surface area contributed by atoms with Crippen molar-refractivity contribution in [3.63, 3.8) is 0 Å². The molecule has 32 nitrogen and oxygen atoms in total. The largest absolute Gasteiger partial charge is 0.448 e. The van der Waals surface area contributed by atoms with Crippen molar-refractivity contribution >= 4 is 96.9 Å². The predicted octanol–water partition coefficient (Wildman–Crippen LogP) is 29.5. The van der Waals surface area contributed by atoms with Gasteiger partial charge in [-0.2, -0.15) is 10.1 Å². The molecule has 2 aliphatic heterocycles. The van der Waals surface area contributed by atoms with Gasteiger partial charge in [-0.05, 0) is 47.5 Å². The third kappa shape index (κ3) is 53.8. The molecule has 830 valence electrons. The first-order valence-electron chi connectivity index (χ1n) is 50.8. The fraction of sp³-hybridized carbons (Fsp3) is 0.658. The first-order valence-corrected chi connectivity index (χ1v) is 56.1. The number of nitrogens with one attached hydrogen (secondary N) is 1. The van der Waals surface area contributed by atoms with E-state index in [1.807, 2.05) is 171 Å². The summed E-state index contributed by atoms with van der Waals surface area (Å²) in [7, 11) is 1.94. The Kier molecular flexibility index (Phi) is 53.4. The maximum atomic E-state index is 10.7. The van der Waals surface area contributed by atoms with Gasteiger partial charge in [-0.25, -0.2) is 34.6 Å². The Bertz CT molecular complexity index is 5630. The summed E-state index contributed by atoms with van der Waals surface area (Å²) >= 11 is 10.4. The molecule has 0 fully saturated rings. The lowest BCUT2D eigenvalue weighted by molar-refractivity contribution is -0.117. The number of amides is 1. The molecule has 0 saturated heterocycles. The molecule has 2 aliphatic rings. The van der Waals surface area contributed by atoms with E-state index in [4.69, 9.17) is 26.6 Å². The summed E-state index contributed by atoms with van der Waals surface area (Å²) in [6, 6.07) is 10.6. The van der Waals surface area contributed by atoms with Gasteiger partial charge in [0.2, 0.25) is 53.0 Å². The molecule has 1 amide bonds. The first kappa shape index (κ1) is 135. The Hall–Kier alpha value is -9.89. The summed E-state index contributed by atoms with van der Waals surface area (Å²) in [5, 5.41) is 72.3. The number of carbonyl (C=O) groups is 2. The number of rotatable bonds is 7. The van der Waals surface area contributed by atoms with Crippen molar-refractivity contribution in [2.75, 3.05) is 24.2 Å². The average Bonchev–Trinajstić information content (AvgIpc) is 1.66. The number of hydrogen-bond donors (Lipinski definition) is 1. The standard InChI is InChI=1S/C13H17N3.C9H14N2O2.C9H15NS.C8H15N3O.C8H14N2O.C8H13NO.C8H13NS.2C7H12N2O.C7H12N2S.C7H11NO.C7H13NS.C7H11NS.C6H10N2S/c1-13(2,3)12-14-11(16(4)15-12)10-8-6-5-7-9-10;1-6(12)5-7-10-11-8(13-7)9(2,3)4;1-5-7-6-11-8(10-7)9(2,3)4;1-5-9-7-11-10-6(12-7)8(2,3)4;1-5-6-9-10-7(11-6)8(2,3)4;1-8(2,3)6-4-5-7(10)9-6;1-6-5-10-7(9-6)8(2,3)4;1-5-8-9-6(10-5)7(2,3)4;1-5-8-6(10-9-5)7(2,3)4;1-5-8-9-6(10-5)7(2,3)4;3*1-7(2,3)6-8-4-5-9-6;1-6(2,3)5-8-7-4-9-5/h5-9H,1-4H3;5H2,1-4H3;6H,5H2,1-4H3;5H2,1-4H3,(H,9,11);5H2,1-4H3;4-5H2,1-3H3;5H,1-4H3;3*1-4H3;4-5H,1-3H3;4-5H2,1-3H3;4-5H,1-3H3;4H,1-3H3. The van der Waals surface area contributed by atoms with E-state index in [1.165, 1.54) is 38.4 Å². The van der Waals surface area contributed by atoms with Gasteiger partial charge >= 0.3 is 6.01 Å². The molecule has 0 atom stereocenters. The van der Waals surface area contributed by atoms with Crippen LogP contribution in [-0.4, -0.2) is 147 Å². The summed E-state index contributed by atoms with van der Waals surface area (Å²) < 4.78 is 33.2. The number of benzene rings is 1. The minimum atomic E-state index is -0.151. The van der Waals surface area contributed by atoms with Crippen LogP contribution in [0.3, 0.4) is 0 Å². The van der Waals surface area contributed by atoms with Crippen LogP contribution in [-0.2, 0) is 101 Å². The lowest BCUT2D eigenvalue weighted by atomic mass is 9.88. The molecule has 0 saturated carbocycles. The van der Waals surface area contributed by atoms with Crippen LogP contribution in [0, 0.1) is 38.5 Å². The van der Waals surface area contributed by atoms with Crippen LogP contribution in [0.25, 0.3) is 11.4 Å². The Morgan fingerprint density at radius 2 is 0.946 bits per heavy atom. The molecule has 38 heteroatoms. The van der Waals surface area contributed by atoms with Gasteiger partial charge in [0.25, 0.3) is 0 Å². The smallest absolute Gasteiger partial charge is 0.315 e. The van der Waals surface area contributed by atoms with Crippen molar-refractivity contribution in [1.29, 1.82) is 0 Å². The van der Waals surface area contributed by atoms with E-state index in [9.17, 15) is 9.59 Å². The monoisotopic (exact) mass is 2170 g/mol. The van der Waals surface area contributed by atoms with Crippen LogP contribution in [0.2, 0.25) is 0 Å². The fourth-order valence-electron chi connectivity index (χ4n) is 10.7. The molecular weight excluding hydrogens is 1990 g/mol. The molecule has 0 aliphatic carbocycles. The molecule has 149 heavy (non-hydrogen) atoms. The lowest BCUT2D eigenvalue weighted by Gasteiger charge is -2.16. The average molecular weight is 2170 g/mol.